The molecule has 0 unspecified atom stereocenters. The molecular formula is C15H21Cl2N3O3. The zero-order valence-corrected chi connectivity index (χ0v) is 15.0. The molecule has 8 heteroatoms. The van der Waals surface area contributed by atoms with Gasteiger partial charge < -0.3 is 14.4 Å². The Hall–Kier alpha value is -1.11. The number of aromatic nitrogens is 2. The van der Waals surface area contributed by atoms with Gasteiger partial charge >= 0.3 is 6.09 Å². The SMILES string of the molecule is CC(C)(C)OC(=O)N1CCC(OCc2cnc(Cl)nc2Cl)CC1. The van der Waals surface area contributed by atoms with Gasteiger partial charge in [0.05, 0.1) is 12.7 Å². The fraction of sp³-hybridized carbons (Fsp3) is 0.667. The molecule has 6 nitrogen and oxygen atoms in total. The molecule has 2 rings (SSSR count). The fourth-order valence-electron chi connectivity index (χ4n) is 2.20. The Morgan fingerprint density at radius 1 is 1.35 bits per heavy atom. The second-order valence-electron chi connectivity index (χ2n) is 6.43. The van der Waals surface area contributed by atoms with Gasteiger partial charge in [-0.25, -0.2) is 14.8 Å². The Morgan fingerprint density at radius 3 is 2.57 bits per heavy atom. The molecule has 128 valence electrons. The fourth-order valence-corrected chi connectivity index (χ4v) is 2.56. The van der Waals surface area contributed by atoms with Gasteiger partial charge in [-0.2, -0.15) is 0 Å². The summed E-state index contributed by atoms with van der Waals surface area (Å²) in [7, 11) is 0. The van der Waals surface area contributed by atoms with E-state index < -0.39 is 5.60 Å². The normalized spacial score (nSPS) is 16.5. The summed E-state index contributed by atoms with van der Waals surface area (Å²) < 4.78 is 11.2. The van der Waals surface area contributed by atoms with E-state index in [1.807, 2.05) is 20.8 Å². The maximum Gasteiger partial charge on any atom is 0.410 e. The van der Waals surface area contributed by atoms with Gasteiger partial charge in [-0.1, -0.05) is 11.6 Å². The smallest absolute Gasteiger partial charge is 0.410 e. The van der Waals surface area contributed by atoms with Crippen molar-refractivity contribution in [3.8, 4) is 0 Å². The zero-order chi connectivity index (χ0) is 17.0. The molecule has 0 radical (unpaired) electrons. The highest BCUT2D eigenvalue weighted by Gasteiger charge is 2.27. The summed E-state index contributed by atoms with van der Waals surface area (Å²) in [4.78, 5) is 21.5. The summed E-state index contributed by atoms with van der Waals surface area (Å²) >= 11 is 11.6. The molecule has 1 amide bonds. The molecule has 23 heavy (non-hydrogen) atoms. The number of ether oxygens (including phenoxy) is 2. The Balaban J connectivity index is 1.77. The van der Waals surface area contributed by atoms with Crippen LogP contribution < -0.4 is 0 Å². The summed E-state index contributed by atoms with van der Waals surface area (Å²) in [6, 6.07) is 0. The number of amides is 1. The van der Waals surface area contributed by atoms with E-state index in [1.54, 1.807) is 11.1 Å². The second-order valence-corrected chi connectivity index (χ2v) is 7.13. The van der Waals surface area contributed by atoms with Crippen LogP contribution in [-0.4, -0.2) is 45.8 Å². The molecule has 1 aromatic heterocycles. The number of carbonyl (C=O) groups excluding carboxylic acids is 1. The first-order valence-electron chi connectivity index (χ1n) is 7.51. The van der Waals surface area contributed by atoms with Crippen molar-refractivity contribution in [2.45, 2.75) is 51.9 Å². The van der Waals surface area contributed by atoms with Gasteiger partial charge in [0.1, 0.15) is 10.8 Å². The Morgan fingerprint density at radius 2 is 2.00 bits per heavy atom. The highest BCUT2D eigenvalue weighted by Crippen LogP contribution is 2.20. The minimum Gasteiger partial charge on any atom is -0.444 e. The van der Waals surface area contributed by atoms with Gasteiger partial charge in [-0.05, 0) is 45.2 Å². The number of hydrogen-bond donors (Lipinski definition) is 0. The first-order chi connectivity index (χ1) is 10.7. The molecule has 2 heterocycles. The van der Waals surface area contributed by atoms with E-state index in [9.17, 15) is 4.79 Å². The summed E-state index contributed by atoms with van der Waals surface area (Å²) in [5, 5.41) is 0.417. The lowest BCUT2D eigenvalue weighted by Crippen LogP contribution is -2.43. The number of carbonyl (C=O) groups is 1. The number of piperidine rings is 1. The van der Waals surface area contributed by atoms with Crippen LogP contribution in [0.1, 0.15) is 39.2 Å². The molecule has 0 bridgehead atoms. The average molecular weight is 362 g/mol. The van der Waals surface area contributed by atoms with E-state index in [1.165, 1.54) is 0 Å². The van der Waals surface area contributed by atoms with Crippen molar-refractivity contribution in [1.29, 1.82) is 0 Å². The van der Waals surface area contributed by atoms with Crippen molar-refractivity contribution < 1.29 is 14.3 Å². The number of hydrogen-bond acceptors (Lipinski definition) is 5. The maximum absolute atomic E-state index is 12.0. The van der Waals surface area contributed by atoms with Crippen LogP contribution in [0.15, 0.2) is 6.20 Å². The Bertz CT molecular complexity index is 555. The average Bonchev–Trinajstić information content (AvgIpc) is 2.45. The van der Waals surface area contributed by atoms with E-state index in [2.05, 4.69) is 9.97 Å². The predicted molar refractivity (Wildman–Crippen MR) is 87.7 cm³/mol. The molecule has 0 saturated carbocycles. The number of likely N-dealkylation sites (tertiary alicyclic amines) is 1. The number of halogens is 2. The molecular weight excluding hydrogens is 341 g/mol. The molecule has 1 aliphatic rings. The van der Waals surface area contributed by atoms with Crippen molar-refractivity contribution in [2.24, 2.45) is 0 Å². The predicted octanol–water partition coefficient (Wildman–Crippen LogP) is 3.70. The van der Waals surface area contributed by atoms with Crippen molar-refractivity contribution in [3.05, 3.63) is 22.2 Å². The monoisotopic (exact) mass is 361 g/mol. The molecule has 0 aliphatic carbocycles. The van der Waals surface area contributed by atoms with E-state index in [0.29, 0.717) is 30.4 Å². The van der Waals surface area contributed by atoms with Crippen LogP contribution in [0.2, 0.25) is 10.4 Å². The van der Waals surface area contributed by atoms with Crippen molar-refractivity contribution in [2.75, 3.05) is 13.1 Å². The largest absolute Gasteiger partial charge is 0.444 e. The lowest BCUT2D eigenvalue weighted by Gasteiger charge is -2.33. The minimum atomic E-state index is -0.476. The summed E-state index contributed by atoms with van der Waals surface area (Å²) in [6.45, 7) is 7.14. The third-order valence-corrected chi connectivity index (χ3v) is 3.86. The van der Waals surface area contributed by atoms with Crippen LogP contribution in [0, 0.1) is 0 Å². The van der Waals surface area contributed by atoms with Gasteiger partial charge in [-0.3, -0.25) is 0 Å². The number of nitrogens with zero attached hydrogens (tertiary/aromatic N) is 3. The lowest BCUT2D eigenvalue weighted by atomic mass is 10.1. The van der Waals surface area contributed by atoms with Gasteiger partial charge in [0.2, 0.25) is 5.28 Å². The molecule has 1 saturated heterocycles. The molecule has 0 aromatic carbocycles. The first-order valence-corrected chi connectivity index (χ1v) is 8.26. The second kappa shape index (κ2) is 7.64. The summed E-state index contributed by atoms with van der Waals surface area (Å²) in [6.07, 6.45) is 2.87. The topological polar surface area (TPSA) is 64.5 Å². The molecule has 0 atom stereocenters. The number of rotatable bonds is 3. The van der Waals surface area contributed by atoms with E-state index in [4.69, 9.17) is 32.7 Å². The third kappa shape index (κ3) is 5.79. The van der Waals surface area contributed by atoms with Crippen molar-refractivity contribution in [3.63, 3.8) is 0 Å². The Labute approximate surface area is 146 Å². The molecule has 1 aliphatic heterocycles. The molecule has 0 N–H and O–H groups in total. The molecule has 1 aromatic rings. The van der Waals surface area contributed by atoms with Crippen LogP contribution in [0.3, 0.4) is 0 Å². The highest BCUT2D eigenvalue weighted by atomic mass is 35.5. The van der Waals surface area contributed by atoms with Gasteiger partial charge in [0.25, 0.3) is 0 Å². The van der Waals surface area contributed by atoms with Crippen LogP contribution in [0.4, 0.5) is 4.79 Å². The van der Waals surface area contributed by atoms with Crippen LogP contribution in [0.25, 0.3) is 0 Å². The van der Waals surface area contributed by atoms with Gasteiger partial charge in [-0.15, -0.1) is 0 Å². The maximum atomic E-state index is 12.0. The van der Waals surface area contributed by atoms with Crippen LogP contribution in [0.5, 0.6) is 0 Å². The lowest BCUT2D eigenvalue weighted by molar-refractivity contribution is -0.0171. The van der Waals surface area contributed by atoms with Crippen molar-refractivity contribution >= 4 is 29.3 Å². The van der Waals surface area contributed by atoms with E-state index in [0.717, 1.165) is 12.8 Å². The standard InChI is InChI=1S/C15H21Cl2N3O3/c1-15(2,3)23-14(21)20-6-4-11(5-7-20)22-9-10-8-18-13(17)19-12(10)16/h8,11H,4-7,9H2,1-3H3. The van der Waals surface area contributed by atoms with E-state index in [-0.39, 0.29) is 17.5 Å². The summed E-state index contributed by atoms with van der Waals surface area (Å²) in [5.41, 5.74) is 0.223. The highest BCUT2D eigenvalue weighted by molar-refractivity contribution is 6.32. The Kier molecular flexibility index (Phi) is 6.06. The van der Waals surface area contributed by atoms with Gasteiger partial charge in [0.15, 0.2) is 0 Å². The van der Waals surface area contributed by atoms with Crippen LogP contribution in [-0.2, 0) is 16.1 Å². The van der Waals surface area contributed by atoms with E-state index >= 15 is 0 Å². The quantitative estimate of drug-likeness (QED) is 0.606. The van der Waals surface area contributed by atoms with Gasteiger partial charge in [0, 0.05) is 24.8 Å². The molecule has 1 fully saturated rings. The van der Waals surface area contributed by atoms with Crippen LogP contribution >= 0.6 is 23.2 Å². The third-order valence-electron chi connectivity index (χ3n) is 3.35. The summed E-state index contributed by atoms with van der Waals surface area (Å²) in [5.74, 6) is 0. The minimum absolute atomic E-state index is 0.0698. The van der Waals surface area contributed by atoms with Crippen molar-refractivity contribution in [1.82, 2.24) is 14.9 Å². The zero-order valence-electron chi connectivity index (χ0n) is 13.5. The molecule has 0 spiro atoms. The first kappa shape index (κ1) is 18.2.